The molecule has 2 N–H and O–H groups in total. The maximum Gasteiger partial charge on any atom is 0.142 e. The maximum absolute atomic E-state index is 11.7. The van der Waals surface area contributed by atoms with E-state index in [9.17, 15) is 4.79 Å². The molecule has 0 amide bonds. The predicted molar refractivity (Wildman–Crippen MR) is 63.1 cm³/mol. The van der Waals surface area contributed by atoms with Crippen molar-refractivity contribution in [3.8, 4) is 0 Å². The minimum Gasteiger partial charge on any atom is -0.330 e. The Balaban J connectivity index is 2.58. The molecule has 84 valence electrons. The molecule has 4 heteroatoms. The number of carbonyl (C=O) groups excluding carboxylic acids is 1. The summed E-state index contributed by atoms with van der Waals surface area (Å²) in [5, 5.41) is 0.930. The first-order valence-electron chi connectivity index (χ1n) is 5.20. The number of ketones is 1. The van der Waals surface area contributed by atoms with Gasteiger partial charge in [0.05, 0.1) is 12.1 Å². The van der Waals surface area contributed by atoms with Gasteiger partial charge in [-0.3, -0.25) is 4.79 Å². The molecular formula is C11H18N2OS. The Hall–Kier alpha value is -0.740. The van der Waals surface area contributed by atoms with Crippen LogP contribution >= 0.6 is 11.3 Å². The lowest BCUT2D eigenvalue weighted by Gasteiger charge is -2.06. The Bertz CT molecular complexity index is 327. The Morgan fingerprint density at radius 2 is 2.20 bits per heavy atom. The third-order valence-electron chi connectivity index (χ3n) is 2.55. The molecule has 0 spiro atoms. The summed E-state index contributed by atoms with van der Waals surface area (Å²) in [6.07, 6.45) is 1.22. The smallest absolute Gasteiger partial charge is 0.142 e. The second-order valence-electron chi connectivity index (χ2n) is 3.87. The lowest BCUT2D eigenvalue weighted by atomic mass is 10.0. The summed E-state index contributed by atoms with van der Waals surface area (Å²) in [5.74, 6) is 0.300. The zero-order chi connectivity index (χ0) is 11.4. The molecular weight excluding hydrogens is 208 g/mol. The van der Waals surface area contributed by atoms with Gasteiger partial charge in [-0.05, 0) is 26.8 Å². The molecule has 0 saturated carbocycles. The SMILES string of the molecule is Cc1nc(CC(=O)C(C)CCN)sc1C. The van der Waals surface area contributed by atoms with Gasteiger partial charge in [-0.1, -0.05) is 6.92 Å². The van der Waals surface area contributed by atoms with Gasteiger partial charge < -0.3 is 5.73 Å². The number of aromatic nitrogens is 1. The number of nitrogens with two attached hydrogens (primary N) is 1. The predicted octanol–water partition coefficient (Wildman–Crippen LogP) is 1.86. The van der Waals surface area contributed by atoms with Crippen molar-refractivity contribution in [2.24, 2.45) is 11.7 Å². The molecule has 0 aliphatic carbocycles. The average molecular weight is 226 g/mol. The van der Waals surface area contributed by atoms with E-state index in [0.717, 1.165) is 17.1 Å². The first-order valence-corrected chi connectivity index (χ1v) is 6.02. The molecule has 1 unspecified atom stereocenters. The van der Waals surface area contributed by atoms with Gasteiger partial charge in [0, 0.05) is 10.8 Å². The van der Waals surface area contributed by atoms with Gasteiger partial charge >= 0.3 is 0 Å². The Morgan fingerprint density at radius 3 is 2.67 bits per heavy atom. The van der Waals surface area contributed by atoms with Crippen LogP contribution in [0.1, 0.15) is 28.9 Å². The van der Waals surface area contributed by atoms with Crippen molar-refractivity contribution in [3.05, 3.63) is 15.6 Å². The van der Waals surface area contributed by atoms with Crippen molar-refractivity contribution in [3.63, 3.8) is 0 Å². The highest BCUT2D eigenvalue weighted by atomic mass is 32.1. The van der Waals surface area contributed by atoms with Gasteiger partial charge in [-0.25, -0.2) is 4.98 Å². The lowest BCUT2D eigenvalue weighted by Crippen LogP contribution is -2.17. The van der Waals surface area contributed by atoms with Crippen LogP contribution in [0.15, 0.2) is 0 Å². The third kappa shape index (κ3) is 3.39. The van der Waals surface area contributed by atoms with E-state index >= 15 is 0 Å². The highest BCUT2D eigenvalue weighted by Gasteiger charge is 2.15. The fourth-order valence-electron chi connectivity index (χ4n) is 1.35. The van der Waals surface area contributed by atoms with Gasteiger partial charge in [0.2, 0.25) is 0 Å². The van der Waals surface area contributed by atoms with E-state index in [1.54, 1.807) is 11.3 Å². The monoisotopic (exact) mass is 226 g/mol. The number of Topliss-reactive ketones (excluding diaryl/α,β-unsaturated/α-hetero) is 1. The zero-order valence-corrected chi connectivity index (χ0v) is 10.4. The minimum atomic E-state index is 0.0551. The van der Waals surface area contributed by atoms with E-state index in [0.29, 0.717) is 13.0 Å². The number of hydrogen-bond donors (Lipinski definition) is 1. The normalized spacial score (nSPS) is 12.8. The molecule has 0 aliphatic heterocycles. The van der Waals surface area contributed by atoms with E-state index in [1.807, 2.05) is 20.8 Å². The van der Waals surface area contributed by atoms with Crippen LogP contribution in [0.25, 0.3) is 0 Å². The highest BCUT2D eigenvalue weighted by Crippen LogP contribution is 2.18. The number of aryl methyl sites for hydroxylation is 2. The molecule has 1 aromatic heterocycles. The summed E-state index contributed by atoms with van der Waals surface area (Å²) in [6, 6.07) is 0. The van der Waals surface area contributed by atoms with Crippen molar-refractivity contribution in [1.29, 1.82) is 0 Å². The fraction of sp³-hybridized carbons (Fsp3) is 0.636. The van der Waals surface area contributed by atoms with Crippen LogP contribution in [0.2, 0.25) is 0 Å². The fourth-order valence-corrected chi connectivity index (χ4v) is 2.29. The molecule has 1 heterocycles. The number of carbonyl (C=O) groups is 1. The van der Waals surface area contributed by atoms with Crippen molar-refractivity contribution in [2.75, 3.05) is 6.54 Å². The van der Waals surface area contributed by atoms with Crippen molar-refractivity contribution < 1.29 is 4.79 Å². The molecule has 0 aromatic carbocycles. The van der Waals surface area contributed by atoms with E-state index < -0.39 is 0 Å². The average Bonchev–Trinajstić information content (AvgIpc) is 2.46. The summed E-state index contributed by atoms with van der Waals surface area (Å²) in [6.45, 7) is 6.51. The lowest BCUT2D eigenvalue weighted by molar-refractivity contribution is -0.121. The van der Waals surface area contributed by atoms with Gasteiger partial charge in [0.1, 0.15) is 10.8 Å². The Kier molecular flexibility index (Phi) is 4.42. The molecule has 1 aromatic rings. The van der Waals surface area contributed by atoms with Crippen LogP contribution < -0.4 is 5.73 Å². The van der Waals surface area contributed by atoms with E-state index in [4.69, 9.17) is 5.73 Å². The van der Waals surface area contributed by atoms with Gasteiger partial charge in [-0.15, -0.1) is 11.3 Å². The van der Waals surface area contributed by atoms with Crippen molar-refractivity contribution >= 4 is 17.1 Å². The number of thiazole rings is 1. The second kappa shape index (κ2) is 5.37. The quantitative estimate of drug-likeness (QED) is 0.833. The van der Waals surface area contributed by atoms with E-state index in [2.05, 4.69) is 4.98 Å². The standard InChI is InChI=1S/C11H18N2OS/c1-7(4-5-12)10(14)6-11-13-8(2)9(3)15-11/h7H,4-6,12H2,1-3H3. The van der Waals surface area contributed by atoms with Crippen LogP contribution in [0, 0.1) is 19.8 Å². The second-order valence-corrected chi connectivity index (χ2v) is 5.16. The minimum absolute atomic E-state index is 0.0551. The largest absolute Gasteiger partial charge is 0.330 e. The summed E-state index contributed by atoms with van der Waals surface area (Å²) >= 11 is 1.61. The van der Waals surface area contributed by atoms with Gasteiger partial charge in [0.25, 0.3) is 0 Å². The van der Waals surface area contributed by atoms with Crippen molar-refractivity contribution in [2.45, 2.75) is 33.6 Å². The molecule has 3 nitrogen and oxygen atoms in total. The van der Waals surface area contributed by atoms with Crippen LogP contribution in [-0.2, 0) is 11.2 Å². The molecule has 1 rings (SSSR count). The number of hydrogen-bond acceptors (Lipinski definition) is 4. The molecule has 15 heavy (non-hydrogen) atoms. The Labute approximate surface area is 94.7 Å². The molecule has 0 fully saturated rings. The molecule has 0 aliphatic rings. The first-order chi connectivity index (χ1) is 7.04. The van der Waals surface area contributed by atoms with Gasteiger partial charge in [0.15, 0.2) is 0 Å². The summed E-state index contributed by atoms with van der Waals surface area (Å²) in [4.78, 5) is 17.3. The summed E-state index contributed by atoms with van der Waals surface area (Å²) < 4.78 is 0. The summed E-state index contributed by atoms with van der Waals surface area (Å²) in [7, 11) is 0. The summed E-state index contributed by atoms with van der Waals surface area (Å²) in [5.41, 5.74) is 6.46. The number of rotatable bonds is 5. The molecule has 1 atom stereocenters. The maximum atomic E-state index is 11.7. The first kappa shape index (κ1) is 12.3. The van der Waals surface area contributed by atoms with Crippen LogP contribution in [0.4, 0.5) is 0 Å². The van der Waals surface area contributed by atoms with Crippen LogP contribution in [0.3, 0.4) is 0 Å². The highest BCUT2D eigenvalue weighted by molar-refractivity contribution is 7.11. The third-order valence-corrected chi connectivity index (χ3v) is 3.62. The Morgan fingerprint density at radius 1 is 1.53 bits per heavy atom. The molecule has 0 saturated heterocycles. The number of nitrogens with zero attached hydrogens (tertiary/aromatic N) is 1. The van der Waals surface area contributed by atoms with Gasteiger partial charge in [-0.2, -0.15) is 0 Å². The van der Waals surface area contributed by atoms with E-state index in [-0.39, 0.29) is 11.7 Å². The zero-order valence-electron chi connectivity index (χ0n) is 9.54. The molecule has 0 bridgehead atoms. The van der Waals surface area contributed by atoms with E-state index in [1.165, 1.54) is 4.88 Å². The topological polar surface area (TPSA) is 56.0 Å². The van der Waals surface area contributed by atoms with Crippen molar-refractivity contribution in [1.82, 2.24) is 4.98 Å². The van der Waals surface area contributed by atoms with Crippen LogP contribution in [0.5, 0.6) is 0 Å². The molecule has 0 radical (unpaired) electrons. The van der Waals surface area contributed by atoms with Crippen LogP contribution in [-0.4, -0.2) is 17.3 Å².